The number of rotatable bonds is 11. The minimum Gasteiger partial charge on any atom is -0.480 e. The molecule has 132 valence electrons. The van der Waals surface area contributed by atoms with E-state index in [1.54, 1.807) is 0 Å². The second-order valence-electron chi connectivity index (χ2n) is 7.06. The van der Waals surface area contributed by atoms with Gasteiger partial charge in [0.25, 0.3) is 0 Å². The van der Waals surface area contributed by atoms with Gasteiger partial charge in [0.2, 0.25) is 0 Å². The van der Waals surface area contributed by atoms with Crippen molar-refractivity contribution in [3.63, 3.8) is 0 Å². The van der Waals surface area contributed by atoms with E-state index >= 15 is 0 Å². The second kappa shape index (κ2) is 8.85. The van der Waals surface area contributed by atoms with Gasteiger partial charge in [-0.2, -0.15) is 0 Å². The molecule has 5 heteroatoms. The predicted molar refractivity (Wildman–Crippen MR) is 87.2 cm³/mol. The van der Waals surface area contributed by atoms with Crippen molar-refractivity contribution >= 4 is 5.97 Å². The topological polar surface area (TPSA) is 65.0 Å². The molecule has 0 amide bonds. The Morgan fingerprint density at radius 2 is 1.64 bits per heavy atom. The summed E-state index contributed by atoms with van der Waals surface area (Å²) in [6.45, 7) is 16.4. The highest BCUT2D eigenvalue weighted by molar-refractivity contribution is 5.68. The van der Waals surface area contributed by atoms with E-state index in [1.807, 2.05) is 20.8 Å². The lowest BCUT2D eigenvalue weighted by molar-refractivity contribution is -0.179. The third kappa shape index (κ3) is 6.63. The molecule has 0 radical (unpaired) electrons. The van der Waals surface area contributed by atoms with Crippen LogP contribution in [0.1, 0.15) is 61.8 Å². The Morgan fingerprint density at radius 1 is 1.09 bits per heavy atom. The summed E-state index contributed by atoms with van der Waals surface area (Å²) in [4.78, 5) is 10.5. The van der Waals surface area contributed by atoms with Gasteiger partial charge < -0.3 is 19.3 Å². The highest BCUT2D eigenvalue weighted by Crippen LogP contribution is 2.39. The highest BCUT2D eigenvalue weighted by atomic mass is 16.6. The smallest absolute Gasteiger partial charge is 0.329 e. The molecule has 0 aliphatic rings. The first-order valence-corrected chi connectivity index (χ1v) is 8.06. The Labute approximate surface area is 135 Å². The number of carboxylic acids is 1. The second-order valence-corrected chi connectivity index (χ2v) is 7.06. The molecule has 0 saturated carbocycles. The van der Waals surface area contributed by atoms with E-state index < -0.39 is 11.6 Å². The fourth-order valence-corrected chi connectivity index (χ4v) is 1.88. The van der Waals surface area contributed by atoms with Crippen LogP contribution in [0.3, 0.4) is 0 Å². The monoisotopic (exact) mass is 318 g/mol. The largest absolute Gasteiger partial charge is 0.480 e. The van der Waals surface area contributed by atoms with Gasteiger partial charge >= 0.3 is 5.97 Å². The van der Waals surface area contributed by atoms with Gasteiger partial charge in [-0.3, -0.25) is 0 Å². The Hall–Kier alpha value is -0.650. The average molecular weight is 318 g/mol. The van der Waals surface area contributed by atoms with E-state index in [-0.39, 0.29) is 30.3 Å². The van der Waals surface area contributed by atoms with Crippen LogP contribution in [0.2, 0.25) is 0 Å². The molecule has 0 aliphatic carbocycles. The molecule has 1 N–H and O–H groups in total. The first-order valence-electron chi connectivity index (χ1n) is 8.06. The number of carboxylic acid groups (broad SMARTS) is 1. The summed E-state index contributed by atoms with van der Waals surface area (Å²) in [5.74, 6) is -0.970. The van der Waals surface area contributed by atoms with Crippen molar-refractivity contribution in [1.82, 2.24) is 0 Å². The van der Waals surface area contributed by atoms with Crippen LogP contribution in [0.25, 0.3) is 0 Å². The Morgan fingerprint density at radius 3 is 2.09 bits per heavy atom. The van der Waals surface area contributed by atoms with Gasteiger partial charge in [0.05, 0.1) is 30.5 Å². The Kier molecular flexibility index (Phi) is 8.58. The molecule has 5 nitrogen and oxygen atoms in total. The van der Waals surface area contributed by atoms with Crippen LogP contribution in [0.5, 0.6) is 0 Å². The number of hydrogen-bond donors (Lipinski definition) is 1. The van der Waals surface area contributed by atoms with Crippen molar-refractivity contribution in [3.8, 4) is 0 Å². The molecule has 0 saturated heterocycles. The Bertz CT molecular complexity index is 338. The van der Waals surface area contributed by atoms with Crippen LogP contribution in [-0.4, -0.2) is 48.2 Å². The maximum atomic E-state index is 10.5. The van der Waals surface area contributed by atoms with Gasteiger partial charge in [-0.1, -0.05) is 20.8 Å². The fraction of sp³-hybridized carbons (Fsp3) is 0.941. The highest BCUT2D eigenvalue weighted by Gasteiger charge is 2.43. The molecule has 3 atom stereocenters. The van der Waals surface area contributed by atoms with Crippen LogP contribution in [-0.2, 0) is 19.0 Å². The zero-order chi connectivity index (χ0) is 17.6. The van der Waals surface area contributed by atoms with E-state index in [0.717, 1.165) is 6.42 Å². The molecule has 0 fully saturated rings. The molecule has 22 heavy (non-hydrogen) atoms. The lowest BCUT2D eigenvalue weighted by Gasteiger charge is -2.46. The van der Waals surface area contributed by atoms with E-state index in [4.69, 9.17) is 19.3 Å². The van der Waals surface area contributed by atoms with Crippen molar-refractivity contribution in [2.24, 2.45) is 5.41 Å². The molecule has 0 bridgehead atoms. The predicted octanol–water partition coefficient (Wildman–Crippen LogP) is 3.50. The van der Waals surface area contributed by atoms with Crippen LogP contribution in [0.15, 0.2) is 0 Å². The standard InChI is InChI=1S/C17H34O5/c1-9-12(2)22-14(4)16(5,6)17(7,8)21-10-13(3)20-11-15(18)19/h12-14H,9-11H2,1-8H3,(H,18,19). The number of aliphatic carboxylic acids is 1. The lowest BCUT2D eigenvalue weighted by Crippen LogP contribution is -2.50. The van der Waals surface area contributed by atoms with Crippen molar-refractivity contribution in [1.29, 1.82) is 0 Å². The summed E-state index contributed by atoms with van der Waals surface area (Å²) < 4.78 is 17.3. The molecular formula is C17H34O5. The van der Waals surface area contributed by atoms with E-state index in [2.05, 4.69) is 34.6 Å². The lowest BCUT2D eigenvalue weighted by atomic mass is 9.73. The SMILES string of the molecule is CCC(C)OC(C)C(C)(C)C(C)(C)OCC(C)OCC(=O)O. The summed E-state index contributed by atoms with van der Waals surface area (Å²) >= 11 is 0. The third-order valence-corrected chi connectivity index (χ3v) is 4.75. The Balaban J connectivity index is 4.58. The summed E-state index contributed by atoms with van der Waals surface area (Å²) in [5, 5.41) is 8.62. The number of carbonyl (C=O) groups is 1. The van der Waals surface area contributed by atoms with Gasteiger partial charge in [0.1, 0.15) is 6.61 Å². The third-order valence-electron chi connectivity index (χ3n) is 4.75. The van der Waals surface area contributed by atoms with E-state index in [9.17, 15) is 4.79 Å². The van der Waals surface area contributed by atoms with Gasteiger partial charge in [-0.15, -0.1) is 0 Å². The van der Waals surface area contributed by atoms with Gasteiger partial charge in [-0.05, 0) is 41.0 Å². The molecule has 0 heterocycles. The van der Waals surface area contributed by atoms with Crippen molar-refractivity contribution in [2.75, 3.05) is 13.2 Å². The maximum absolute atomic E-state index is 10.5. The molecule has 0 aromatic heterocycles. The van der Waals surface area contributed by atoms with Crippen LogP contribution >= 0.6 is 0 Å². The van der Waals surface area contributed by atoms with Crippen LogP contribution in [0, 0.1) is 5.41 Å². The molecule has 0 rings (SSSR count). The van der Waals surface area contributed by atoms with Crippen LogP contribution < -0.4 is 0 Å². The van der Waals surface area contributed by atoms with Gasteiger partial charge in [-0.25, -0.2) is 4.79 Å². The van der Waals surface area contributed by atoms with Crippen LogP contribution in [0.4, 0.5) is 0 Å². The number of ether oxygens (including phenoxy) is 3. The summed E-state index contributed by atoms with van der Waals surface area (Å²) in [6.07, 6.45) is 0.953. The van der Waals surface area contributed by atoms with Crippen molar-refractivity contribution in [3.05, 3.63) is 0 Å². The minimum absolute atomic E-state index is 0.0349. The first-order chi connectivity index (χ1) is 9.94. The molecule has 0 spiro atoms. The molecule has 0 aromatic carbocycles. The number of hydrogen-bond acceptors (Lipinski definition) is 4. The van der Waals surface area contributed by atoms with E-state index in [0.29, 0.717) is 6.61 Å². The minimum atomic E-state index is -0.970. The van der Waals surface area contributed by atoms with Gasteiger partial charge in [0, 0.05) is 5.41 Å². The maximum Gasteiger partial charge on any atom is 0.329 e. The zero-order valence-electron chi connectivity index (χ0n) is 15.4. The average Bonchev–Trinajstić information content (AvgIpc) is 2.42. The summed E-state index contributed by atoms with van der Waals surface area (Å²) in [5.41, 5.74) is -0.635. The molecule has 3 unspecified atom stereocenters. The van der Waals surface area contributed by atoms with Crippen molar-refractivity contribution < 1.29 is 24.1 Å². The van der Waals surface area contributed by atoms with Gasteiger partial charge in [0.15, 0.2) is 0 Å². The first kappa shape index (κ1) is 21.4. The van der Waals surface area contributed by atoms with Crippen molar-refractivity contribution in [2.45, 2.75) is 85.7 Å². The molecule has 0 aliphatic heterocycles. The summed E-state index contributed by atoms with van der Waals surface area (Å²) in [7, 11) is 0. The van der Waals surface area contributed by atoms with E-state index in [1.165, 1.54) is 0 Å². The zero-order valence-corrected chi connectivity index (χ0v) is 15.4. The summed E-state index contributed by atoms with van der Waals surface area (Å²) in [6, 6.07) is 0. The quantitative estimate of drug-likeness (QED) is 0.631. The molecular weight excluding hydrogens is 284 g/mol. The fourth-order valence-electron chi connectivity index (χ4n) is 1.88. The molecule has 0 aromatic rings. The normalized spacial score (nSPS) is 17.1.